The summed E-state index contributed by atoms with van der Waals surface area (Å²) >= 11 is 0. The van der Waals surface area contributed by atoms with E-state index in [1.54, 1.807) is 16.8 Å². The molecular formula is C13H22N2O4S. The third-order valence-corrected chi connectivity index (χ3v) is 6.07. The third-order valence-electron chi connectivity index (χ3n) is 4.32. The van der Waals surface area contributed by atoms with Crippen molar-refractivity contribution >= 4 is 21.7 Å². The van der Waals surface area contributed by atoms with Gasteiger partial charge in [0.2, 0.25) is 11.8 Å². The summed E-state index contributed by atoms with van der Waals surface area (Å²) in [7, 11) is -1.31. The molecule has 2 aliphatic rings. The van der Waals surface area contributed by atoms with Gasteiger partial charge in [0.15, 0.2) is 9.84 Å². The number of carbonyl (C=O) groups excluding carboxylic acids is 2. The van der Waals surface area contributed by atoms with Gasteiger partial charge in [-0.05, 0) is 19.3 Å². The summed E-state index contributed by atoms with van der Waals surface area (Å²) in [6.07, 6.45) is 2.12. The van der Waals surface area contributed by atoms with E-state index in [1.165, 1.54) is 6.92 Å². The monoisotopic (exact) mass is 302 g/mol. The van der Waals surface area contributed by atoms with Gasteiger partial charge in [0, 0.05) is 33.1 Å². The molecule has 2 aliphatic heterocycles. The van der Waals surface area contributed by atoms with Crippen LogP contribution in [0.3, 0.4) is 0 Å². The summed E-state index contributed by atoms with van der Waals surface area (Å²) in [5.41, 5.74) is 0. The first-order chi connectivity index (χ1) is 9.30. The largest absolute Gasteiger partial charge is 0.342 e. The van der Waals surface area contributed by atoms with Crippen LogP contribution >= 0.6 is 0 Å². The van der Waals surface area contributed by atoms with Gasteiger partial charge < -0.3 is 9.80 Å². The van der Waals surface area contributed by atoms with E-state index in [1.807, 2.05) is 0 Å². The first-order valence-corrected chi connectivity index (χ1v) is 8.85. The fourth-order valence-corrected chi connectivity index (χ4v) is 4.79. The number of nitrogens with zero attached hydrogens (tertiary/aromatic N) is 2. The Morgan fingerprint density at radius 1 is 1.25 bits per heavy atom. The molecule has 0 bridgehead atoms. The molecule has 2 saturated heterocycles. The van der Waals surface area contributed by atoms with Gasteiger partial charge in [0.05, 0.1) is 17.4 Å². The van der Waals surface area contributed by atoms with Gasteiger partial charge in [-0.1, -0.05) is 0 Å². The highest BCUT2D eigenvalue weighted by molar-refractivity contribution is 7.91. The van der Waals surface area contributed by atoms with E-state index < -0.39 is 9.84 Å². The minimum absolute atomic E-state index is 0.00593. The van der Waals surface area contributed by atoms with Crippen molar-refractivity contribution in [3.63, 3.8) is 0 Å². The lowest BCUT2D eigenvalue weighted by atomic mass is 9.96. The standard InChI is InChI=1S/C13H22N2O4S/c1-10(16)15-6-3-4-11(8-15)13(17)14(2)12-5-7-20(18,19)9-12/h11-12H,3-9H2,1-2H3. The Morgan fingerprint density at radius 3 is 2.50 bits per heavy atom. The Balaban J connectivity index is 1.98. The molecule has 7 heteroatoms. The minimum atomic E-state index is -2.99. The molecule has 114 valence electrons. The number of carbonyl (C=O) groups is 2. The van der Waals surface area contributed by atoms with Crippen molar-refractivity contribution in [3.8, 4) is 0 Å². The van der Waals surface area contributed by atoms with E-state index in [0.29, 0.717) is 19.5 Å². The highest BCUT2D eigenvalue weighted by Gasteiger charge is 2.36. The van der Waals surface area contributed by atoms with Gasteiger partial charge in [-0.2, -0.15) is 0 Å². The first-order valence-electron chi connectivity index (χ1n) is 7.03. The molecule has 0 aromatic rings. The Hall–Kier alpha value is -1.11. The average molecular weight is 302 g/mol. The second-order valence-corrected chi connectivity index (χ2v) is 8.04. The highest BCUT2D eigenvalue weighted by atomic mass is 32.2. The van der Waals surface area contributed by atoms with Crippen LogP contribution in [0.5, 0.6) is 0 Å². The molecule has 2 fully saturated rings. The summed E-state index contributed by atoms with van der Waals surface area (Å²) in [4.78, 5) is 27.1. The van der Waals surface area contributed by atoms with Crippen LogP contribution in [0, 0.1) is 5.92 Å². The van der Waals surface area contributed by atoms with Crippen LogP contribution in [0.2, 0.25) is 0 Å². The predicted molar refractivity (Wildman–Crippen MR) is 74.8 cm³/mol. The Kier molecular flexibility index (Phi) is 4.36. The first kappa shape index (κ1) is 15.3. The zero-order valence-electron chi connectivity index (χ0n) is 12.0. The second kappa shape index (κ2) is 5.71. The van der Waals surface area contributed by atoms with Gasteiger partial charge in [-0.25, -0.2) is 8.42 Å². The van der Waals surface area contributed by atoms with Crippen LogP contribution in [-0.4, -0.2) is 67.7 Å². The second-order valence-electron chi connectivity index (χ2n) is 5.81. The van der Waals surface area contributed by atoms with Crippen LogP contribution in [0.25, 0.3) is 0 Å². The highest BCUT2D eigenvalue weighted by Crippen LogP contribution is 2.23. The average Bonchev–Trinajstić information content (AvgIpc) is 2.77. The van der Waals surface area contributed by atoms with Gasteiger partial charge in [0.1, 0.15) is 0 Å². The van der Waals surface area contributed by atoms with Crippen molar-refractivity contribution in [2.45, 2.75) is 32.2 Å². The maximum Gasteiger partial charge on any atom is 0.227 e. The van der Waals surface area contributed by atoms with E-state index in [2.05, 4.69) is 0 Å². The van der Waals surface area contributed by atoms with E-state index in [0.717, 1.165) is 12.8 Å². The molecule has 2 unspecified atom stereocenters. The Labute approximate surface area is 120 Å². The number of hydrogen-bond donors (Lipinski definition) is 0. The van der Waals surface area contributed by atoms with Crippen LogP contribution in [-0.2, 0) is 19.4 Å². The lowest BCUT2D eigenvalue weighted by Crippen LogP contribution is -2.48. The normalized spacial score (nSPS) is 29.2. The number of likely N-dealkylation sites (tertiary alicyclic amines) is 1. The van der Waals surface area contributed by atoms with Crippen molar-refractivity contribution in [3.05, 3.63) is 0 Å². The molecule has 0 aromatic heterocycles. The summed E-state index contributed by atoms with van der Waals surface area (Å²) in [5, 5.41) is 0. The summed E-state index contributed by atoms with van der Waals surface area (Å²) in [6.45, 7) is 2.68. The van der Waals surface area contributed by atoms with Crippen LogP contribution in [0.4, 0.5) is 0 Å². The van der Waals surface area contributed by atoms with Crippen LogP contribution < -0.4 is 0 Å². The maximum atomic E-state index is 12.5. The molecule has 0 N–H and O–H groups in total. The zero-order chi connectivity index (χ0) is 14.9. The molecule has 0 radical (unpaired) electrons. The van der Waals surface area contributed by atoms with Crippen molar-refractivity contribution < 1.29 is 18.0 Å². The number of hydrogen-bond acceptors (Lipinski definition) is 4. The zero-order valence-corrected chi connectivity index (χ0v) is 12.9. The number of sulfone groups is 1. The van der Waals surface area contributed by atoms with Crippen molar-refractivity contribution in [2.75, 3.05) is 31.6 Å². The molecule has 2 heterocycles. The molecular weight excluding hydrogens is 280 g/mol. The smallest absolute Gasteiger partial charge is 0.227 e. The molecule has 2 rings (SSSR count). The fourth-order valence-electron chi connectivity index (χ4n) is 3.01. The predicted octanol–water partition coefficient (Wildman–Crippen LogP) is -0.110. The minimum Gasteiger partial charge on any atom is -0.342 e. The topological polar surface area (TPSA) is 74.8 Å². The van der Waals surface area contributed by atoms with Crippen LogP contribution in [0.1, 0.15) is 26.2 Å². The summed E-state index contributed by atoms with van der Waals surface area (Å²) < 4.78 is 23.0. The molecule has 0 spiro atoms. The van der Waals surface area contributed by atoms with Gasteiger partial charge >= 0.3 is 0 Å². The molecule has 0 saturated carbocycles. The number of piperidine rings is 1. The molecule has 0 aromatic carbocycles. The van der Waals surface area contributed by atoms with Crippen LogP contribution in [0.15, 0.2) is 0 Å². The molecule has 0 aliphatic carbocycles. The third kappa shape index (κ3) is 3.31. The molecule has 6 nitrogen and oxygen atoms in total. The lowest BCUT2D eigenvalue weighted by molar-refractivity contribution is -0.140. The maximum absolute atomic E-state index is 12.5. The number of rotatable bonds is 2. The SMILES string of the molecule is CC(=O)N1CCCC(C(=O)N(C)C2CCS(=O)(=O)C2)C1. The van der Waals surface area contributed by atoms with E-state index in [-0.39, 0.29) is 35.3 Å². The van der Waals surface area contributed by atoms with E-state index in [4.69, 9.17) is 0 Å². The molecule has 2 amide bonds. The van der Waals surface area contributed by atoms with Gasteiger partial charge in [-0.15, -0.1) is 0 Å². The summed E-state index contributed by atoms with van der Waals surface area (Å²) in [6, 6.07) is -0.208. The van der Waals surface area contributed by atoms with Crippen molar-refractivity contribution in [2.24, 2.45) is 5.92 Å². The molecule has 2 atom stereocenters. The van der Waals surface area contributed by atoms with E-state index in [9.17, 15) is 18.0 Å². The molecule has 20 heavy (non-hydrogen) atoms. The van der Waals surface area contributed by atoms with Gasteiger partial charge in [-0.3, -0.25) is 9.59 Å². The summed E-state index contributed by atoms with van der Waals surface area (Å²) in [5.74, 6) is 0.00496. The van der Waals surface area contributed by atoms with Gasteiger partial charge in [0.25, 0.3) is 0 Å². The fraction of sp³-hybridized carbons (Fsp3) is 0.846. The van der Waals surface area contributed by atoms with E-state index >= 15 is 0 Å². The lowest BCUT2D eigenvalue weighted by Gasteiger charge is -2.35. The Morgan fingerprint density at radius 2 is 1.95 bits per heavy atom. The Bertz CT molecular complexity index is 503. The van der Waals surface area contributed by atoms with Crippen molar-refractivity contribution in [1.82, 2.24) is 9.80 Å². The van der Waals surface area contributed by atoms with Crippen molar-refractivity contribution in [1.29, 1.82) is 0 Å². The number of amides is 2. The quantitative estimate of drug-likeness (QED) is 0.713.